The normalized spacial score (nSPS) is 27.9. The number of rotatable bonds is 3. The van der Waals surface area contributed by atoms with Crippen molar-refractivity contribution in [3.63, 3.8) is 0 Å². The van der Waals surface area contributed by atoms with E-state index in [1.807, 2.05) is 14.0 Å². The number of aromatic nitrogens is 2. The molecular formula is C16H27ClN2O. The Morgan fingerprint density at radius 3 is 2.55 bits per heavy atom. The summed E-state index contributed by atoms with van der Waals surface area (Å²) in [6.45, 7) is 8.74. The average Bonchev–Trinajstić information content (AvgIpc) is 2.55. The molecule has 0 radical (unpaired) electrons. The molecular weight excluding hydrogens is 272 g/mol. The van der Waals surface area contributed by atoms with Crippen molar-refractivity contribution in [1.29, 1.82) is 0 Å². The second-order valence-corrected chi connectivity index (χ2v) is 7.59. The van der Waals surface area contributed by atoms with Crippen LogP contribution in [0.25, 0.3) is 0 Å². The summed E-state index contributed by atoms with van der Waals surface area (Å²) >= 11 is 6.36. The van der Waals surface area contributed by atoms with Crippen LogP contribution in [0.5, 0.6) is 0 Å². The summed E-state index contributed by atoms with van der Waals surface area (Å²) in [6.07, 6.45) is 3.93. The van der Waals surface area contributed by atoms with Gasteiger partial charge in [0.05, 0.1) is 11.8 Å². The number of aliphatic hydroxyl groups excluding tert-OH is 1. The van der Waals surface area contributed by atoms with Crippen LogP contribution in [0.3, 0.4) is 0 Å². The summed E-state index contributed by atoms with van der Waals surface area (Å²) in [4.78, 5) is 0. The minimum Gasteiger partial charge on any atom is -0.393 e. The number of aliphatic hydroxyl groups is 1. The molecule has 3 unspecified atom stereocenters. The Kier molecular flexibility index (Phi) is 4.50. The number of hydrogen-bond acceptors (Lipinski definition) is 2. The molecule has 0 bridgehead atoms. The van der Waals surface area contributed by atoms with Gasteiger partial charge >= 0.3 is 0 Å². The number of nitrogens with zero attached hydrogens (tertiary/aromatic N) is 2. The van der Waals surface area contributed by atoms with Gasteiger partial charge in [0, 0.05) is 12.6 Å². The van der Waals surface area contributed by atoms with Gasteiger partial charge in [-0.25, -0.2) is 0 Å². The van der Waals surface area contributed by atoms with Gasteiger partial charge in [-0.2, -0.15) is 5.10 Å². The molecule has 114 valence electrons. The lowest BCUT2D eigenvalue weighted by atomic mass is 9.65. The van der Waals surface area contributed by atoms with Crippen LogP contribution in [-0.4, -0.2) is 21.0 Å². The van der Waals surface area contributed by atoms with Crippen molar-refractivity contribution in [2.75, 3.05) is 0 Å². The predicted octanol–water partition coefficient (Wildman–Crippen LogP) is 3.75. The second-order valence-electron chi connectivity index (χ2n) is 7.24. The molecule has 1 aliphatic rings. The zero-order valence-electron chi connectivity index (χ0n) is 13.3. The third-order valence-corrected chi connectivity index (χ3v) is 5.46. The Hall–Kier alpha value is -0.540. The number of hydrogen-bond donors (Lipinski definition) is 1. The standard InChI is InChI=1S/C16H27ClN2O/c1-10-6-7-13(14(20)8-10)16(3,4)9-12-11(2)18-19(5)15(12)17/h10,13-14,20H,6-9H2,1-5H3. The number of halogens is 1. The first-order valence-corrected chi connectivity index (χ1v) is 7.96. The van der Waals surface area contributed by atoms with E-state index in [1.54, 1.807) is 4.68 Å². The SMILES string of the molecule is Cc1nn(C)c(Cl)c1CC(C)(C)C1CCC(C)CC1O. The van der Waals surface area contributed by atoms with E-state index in [4.69, 9.17) is 11.6 Å². The molecule has 0 aliphatic heterocycles. The van der Waals surface area contributed by atoms with Crippen LogP contribution >= 0.6 is 11.6 Å². The van der Waals surface area contributed by atoms with Crippen molar-refractivity contribution in [2.24, 2.45) is 24.3 Å². The molecule has 1 aromatic rings. The fourth-order valence-corrected chi connectivity index (χ4v) is 3.97. The first-order valence-electron chi connectivity index (χ1n) is 7.58. The van der Waals surface area contributed by atoms with E-state index in [0.717, 1.165) is 35.7 Å². The van der Waals surface area contributed by atoms with E-state index >= 15 is 0 Å². The smallest absolute Gasteiger partial charge is 0.130 e. The summed E-state index contributed by atoms with van der Waals surface area (Å²) in [6, 6.07) is 0. The Morgan fingerprint density at radius 1 is 1.40 bits per heavy atom. The summed E-state index contributed by atoms with van der Waals surface area (Å²) in [5, 5.41) is 15.6. The second kappa shape index (κ2) is 5.69. The Labute approximate surface area is 127 Å². The van der Waals surface area contributed by atoms with Crippen molar-refractivity contribution in [3.8, 4) is 0 Å². The fourth-order valence-electron chi connectivity index (χ4n) is 3.72. The van der Waals surface area contributed by atoms with E-state index in [-0.39, 0.29) is 11.5 Å². The van der Waals surface area contributed by atoms with E-state index in [1.165, 1.54) is 6.42 Å². The van der Waals surface area contributed by atoms with Gasteiger partial charge in [-0.15, -0.1) is 0 Å². The first kappa shape index (κ1) is 15.8. The number of aryl methyl sites for hydroxylation is 2. The lowest BCUT2D eigenvalue weighted by Gasteiger charge is -2.42. The minimum atomic E-state index is -0.190. The van der Waals surface area contributed by atoms with E-state index < -0.39 is 0 Å². The van der Waals surface area contributed by atoms with Crippen LogP contribution < -0.4 is 0 Å². The van der Waals surface area contributed by atoms with Crippen LogP contribution in [0, 0.1) is 24.2 Å². The largest absolute Gasteiger partial charge is 0.393 e. The van der Waals surface area contributed by atoms with E-state index in [9.17, 15) is 5.11 Å². The molecule has 1 aromatic heterocycles. The maximum Gasteiger partial charge on any atom is 0.130 e. The Bertz CT molecular complexity index is 481. The maximum absolute atomic E-state index is 10.4. The summed E-state index contributed by atoms with van der Waals surface area (Å²) in [5.41, 5.74) is 2.17. The highest BCUT2D eigenvalue weighted by molar-refractivity contribution is 6.30. The van der Waals surface area contributed by atoms with Gasteiger partial charge in [0.1, 0.15) is 5.15 Å². The quantitative estimate of drug-likeness (QED) is 0.923. The Morgan fingerprint density at radius 2 is 2.05 bits per heavy atom. The highest BCUT2D eigenvalue weighted by Gasteiger charge is 2.39. The van der Waals surface area contributed by atoms with Crippen LogP contribution in [0.4, 0.5) is 0 Å². The molecule has 1 aliphatic carbocycles. The van der Waals surface area contributed by atoms with Gasteiger partial charge in [0.15, 0.2) is 0 Å². The molecule has 1 heterocycles. The van der Waals surface area contributed by atoms with Crippen LogP contribution in [0.2, 0.25) is 5.15 Å². The van der Waals surface area contributed by atoms with Crippen LogP contribution in [0.15, 0.2) is 0 Å². The van der Waals surface area contributed by atoms with Gasteiger partial charge in [-0.1, -0.05) is 38.8 Å². The predicted molar refractivity (Wildman–Crippen MR) is 83.0 cm³/mol. The van der Waals surface area contributed by atoms with Gasteiger partial charge in [-0.05, 0) is 43.4 Å². The van der Waals surface area contributed by atoms with Crippen molar-refractivity contribution in [2.45, 2.75) is 59.5 Å². The maximum atomic E-state index is 10.4. The molecule has 4 heteroatoms. The molecule has 1 N–H and O–H groups in total. The third-order valence-electron chi connectivity index (χ3n) is 4.98. The van der Waals surface area contributed by atoms with Gasteiger partial charge in [-0.3, -0.25) is 4.68 Å². The first-order chi connectivity index (χ1) is 9.22. The minimum absolute atomic E-state index is 0.0387. The molecule has 0 aromatic carbocycles. The molecule has 3 atom stereocenters. The zero-order chi connectivity index (χ0) is 15.1. The summed E-state index contributed by atoms with van der Waals surface area (Å²) in [7, 11) is 1.88. The van der Waals surface area contributed by atoms with Crippen LogP contribution in [-0.2, 0) is 13.5 Å². The van der Waals surface area contributed by atoms with Crippen molar-refractivity contribution in [1.82, 2.24) is 9.78 Å². The molecule has 3 nitrogen and oxygen atoms in total. The molecule has 20 heavy (non-hydrogen) atoms. The van der Waals surface area contributed by atoms with Gasteiger partial charge in [0.25, 0.3) is 0 Å². The van der Waals surface area contributed by atoms with E-state index in [0.29, 0.717) is 11.8 Å². The molecule has 0 amide bonds. The molecule has 0 saturated heterocycles. The highest BCUT2D eigenvalue weighted by Crippen LogP contribution is 2.43. The monoisotopic (exact) mass is 298 g/mol. The molecule has 1 fully saturated rings. The van der Waals surface area contributed by atoms with Crippen molar-refractivity contribution >= 4 is 11.6 Å². The lowest BCUT2D eigenvalue weighted by molar-refractivity contribution is -0.0126. The Balaban J connectivity index is 2.18. The average molecular weight is 299 g/mol. The summed E-state index contributed by atoms with van der Waals surface area (Å²) < 4.78 is 1.74. The van der Waals surface area contributed by atoms with Gasteiger partial charge in [0.2, 0.25) is 0 Å². The third kappa shape index (κ3) is 3.04. The van der Waals surface area contributed by atoms with Crippen molar-refractivity contribution < 1.29 is 5.11 Å². The van der Waals surface area contributed by atoms with Crippen LogP contribution in [0.1, 0.15) is 51.3 Å². The van der Waals surface area contributed by atoms with Gasteiger partial charge < -0.3 is 5.11 Å². The topological polar surface area (TPSA) is 38.0 Å². The zero-order valence-corrected chi connectivity index (χ0v) is 14.0. The van der Waals surface area contributed by atoms with E-state index in [2.05, 4.69) is 25.9 Å². The molecule has 0 spiro atoms. The summed E-state index contributed by atoms with van der Waals surface area (Å²) in [5.74, 6) is 0.982. The highest BCUT2D eigenvalue weighted by atomic mass is 35.5. The fraction of sp³-hybridized carbons (Fsp3) is 0.812. The molecule has 2 rings (SSSR count). The van der Waals surface area contributed by atoms with Crippen molar-refractivity contribution in [3.05, 3.63) is 16.4 Å². The molecule has 1 saturated carbocycles. The lowest BCUT2D eigenvalue weighted by Crippen LogP contribution is -2.39.